The van der Waals surface area contributed by atoms with Crippen LogP contribution in [0.4, 0.5) is 0 Å². The van der Waals surface area contributed by atoms with Crippen LogP contribution in [0.1, 0.15) is 142 Å². The third-order valence-electron chi connectivity index (χ3n) is 12.7. The van der Waals surface area contributed by atoms with Crippen molar-refractivity contribution in [2.75, 3.05) is 6.54 Å². The van der Waals surface area contributed by atoms with Gasteiger partial charge in [-0.25, -0.2) is 0 Å². The summed E-state index contributed by atoms with van der Waals surface area (Å²) < 4.78 is 73.5. The van der Waals surface area contributed by atoms with E-state index < -0.39 is 31.0 Å². The first-order valence-corrected chi connectivity index (χ1v) is 25.2. The molecule has 66 heavy (non-hydrogen) atoms. The second-order valence-corrected chi connectivity index (χ2v) is 22.2. The lowest BCUT2D eigenvalue weighted by atomic mass is 9.80. The van der Waals surface area contributed by atoms with Gasteiger partial charge in [-0.1, -0.05) is 54.1 Å². The Hall–Kier alpha value is -5.31. The zero-order chi connectivity index (χ0) is 48.8. The SMILES string of the molecule is CCNC(=O)c1cc(C(=C2C=CC(=NC3CC(C)(C)NC(C)(C)C3)C=C2S(=O)(=O)O)c2ccc(Cc3c(C)cc(C)cc3C)c(C(C)=O)c2)ccc1Cc1c(C)cc(C)c(S(=O)(=O)O)c1C. The highest BCUT2D eigenvalue weighted by molar-refractivity contribution is 7.90. The van der Waals surface area contributed by atoms with Gasteiger partial charge in [-0.2, -0.15) is 16.8 Å². The van der Waals surface area contributed by atoms with Gasteiger partial charge in [0.1, 0.15) is 4.91 Å². The maximum absolute atomic E-state index is 14.1. The summed E-state index contributed by atoms with van der Waals surface area (Å²) in [5.74, 6) is -0.622. The topological polar surface area (TPSA) is 179 Å². The Labute approximate surface area is 391 Å². The highest BCUT2D eigenvalue weighted by Crippen LogP contribution is 2.39. The summed E-state index contributed by atoms with van der Waals surface area (Å²) in [6.07, 6.45) is 6.73. The molecule has 0 spiro atoms. The fourth-order valence-electron chi connectivity index (χ4n) is 10.4. The molecule has 0 atom stereocenters. The molecular weight excluding hydrogens is 871 g/mol. The molecule has 0 bridgehead atoms. The normalized spacial score (nSPS) is 17.7. The zero-order valence-electron chi connectivity index (χ0n) is 40.1. The number of amides is 1. The molecule has 4 aromatic carbocycles. The van der Waals surface area contributed by atoms with Crippen molar-refractivity contribution in [1.82, 2.24) is 10.6 Å². The smallest absolute Gasteiger partial charge is 0.295 e. The van der Waals surface area contributed by atoms with Gasteiger partial charge < -0.3 is 10.6 Å². The van der Waals surface area contributed by atoms with E-state index >= 15 is 0 Å². The molecule has 4 aromatic rings. The molecule has 13 heteroatoms. The van der Waals surface area contributed by atoms with Crippen LogP contribution in [0.25, 0.3) is 5.57 Å². The van der Waals surface area contributed by atoms with E-state index in [1.54, 1.807) is 63.3 Å². The van der Waals surface area contributed by atoms with Gasteiger partial charge in [0.25, 0.3) is 26.1 Å². The molecule has 0 unspecified atom stereocenters. The van der Waals surface area contributed by atoms with Crippen LogP contribution in [-0.4, -0.2) is 67.0 Å². The maximum Gasteiger partial charge on any atom is 0.295 e. The van der Waals surface area contributed by atoms with Gasteiger partial charge in [-0.15, -0.1) is 0 Å². The third-order valence-corrected chi connectivity index (χ3v) is 14.7. The van der Waals surface area contributed by atoms with Crippen molar-refractivity contribution >= 4 is 43.2 Å². The summed E-state index contributed by atoms with van der Waals surface area (Å²) in [4.78, 5) is 32.1. The lowest BCUT2D eigenvalue weighted by molar-refractivity contribution is 0.0953. The fraction of sp³-hybridized carbons (Fsp3) is 0.377. The number of hydrogen-bond donors (Lipinski definition) is 4. The van der Waals surface area contributed by atoms with Crippen molar-refractivity contribution < 1.29 is 35.5 Å². The number of nitrogens with one attached hydrogen (secondary N) is 2. The van der Waals surface area contributed by atoms with Crippen molar-refractivity contribution in [2.24, 2.45) is 4.99 Å². The van der Waals surface area contributed by atoms with Crippen LogP contribution >= 0.6 is 0 Å². The van der Waals surface area contributed by atoms with Crippen molar-refractivity contribution in [3.8, 4) is 0 Å². The molecule has 6 rings (SSSR count). The summed E-state index contributed by atoms with van der Waals surface area (Å²) in [7, 11) is -9.48. The van der Waals surface area contributed by atoms with E-state index in [-0.39, 0.29) is 45.4 Å². The van der Waals surface area contributed by atoms with E-state index in [0.717, 1.165) is 33.4 Å². The van der Waals surface area contributed by atoms with Crippen molar-refractivity contribution in [1.29, 1.82) is 0 Å². The van der Waals surface area contributed by atoms with Gasteiger partial charge in [-0.05, 0) is 200 Å². The first-order valence-electron chi connectivity index (χ1n) is 22.3. The van der Waals surface area contributed by atoms with E-state index in [4.69, 9.17) is 4.99 Å². The van der Waals surface area contributed by atoms with E-state index in [2.05, 4.69) is 50.5 Å². The highest BCUT2D eigenvalue weighted by Gasteiger charge is 2.38. The lowest BCUT2D eigenvalue weighted by Gasteiger charge is -2.45. The molecule has 0 saturated carbocycles. The molecule has 4 N–H and O–H groups in total. The number of allylic oxidation sites excluding steroid dienone is 4. The molecule has 0 radical (unpaired) electrons. The number of rotatable bonds is 12. The second-order valence-electron chi connectivity index (χ2n) is 19.4. The maximum atomic E-state index is 14.1. The molecule has 1 aliphatic carbocycles. The van der Waals surface area contributed by atoms with Crippen LogP contribution in [0.15, 0.2) is 93.2 Å². The molecule has 1 fully saturated rings. The van der Waals surface area contributed by atoms with E-state index in [1.807, 2.05) is 39.8 Å². The minimum absolute atomic E-state index is 0.125. The van der Waals surface area contributed by atoms with Crippen LogP contribution in [0.3, 0.4) is 0 Å². The van der Waals surface area contributed by atoms with Gasteiger partial charge in [0, 0.05) is 34.3 Å². The number of hydrogen-bond acceptors (Lipinski definition) is 8. The summed E-state index contributed by atoms with van der Waals surface area (Å²) in [6.45, 7) is 23.2. The van der Waals surface area contributed by atoms with E-state index in [1.165, 1.54) is 13.0 Å². The van der Waals surface area contributed by atoms with Gasteiger partial charge in [0.2, 0.25) is 0 Å². The minimum atomic E-state index is -4.91. The highest BCUT2D eigenvalue weighted by atomic mass is 32.2. The Morgan fingerprint density at radius 1 is 0.727 bits per heavy atom. The first kappa shape index (κ1) is 50.1. The molecule has 1 aliphatic heterocycles. The third kappa shape index (κ3) is 11.1. The monoisotopic (exact) mass is 933 g/mol. The van der Waals surface area contributed by atoms with Crippen molar-refractivity contribution in [3.05, 3.63) is 161 Å². The molecule has 1 saturated heterocycles. The molecular formula is C53H63N3O8S2. The first-order chi connectivity index (χ1) is 30.6. The number of piperidine rings is 1. The molecule has 11 nitrogen and oxygen atoms in total. The standard InChI is InChI=1S/C53H63N3O8S2/c1-13-54-51(58)47-26-40(17-15-38(47)24-45-33(5)22-34(6)50(35(45)7)66(62,63)64)49(39-16-14-37(46(25-39)36(8)57)23-44-31(3)20-30(2)21-32(44)4)43-19-18-41(27-48(43)65(59,60)61)55-42-28-52(9,10)56-53(11,12)29-42/h14-22,25-27,42,56H,13,23-24,28-29H2,1-12H3,(H,54,58)(H,59,60,61)(H,62,63,64). The van der Waals surface area contributed by atoms with Gasteiger partial charge in [-0.3, -0.25) is 23.7 Å². The molecule has 2 aliphatic rings. The summed E-state index contributed by atoms with van der Waals surface area (Å²) in [6, 6.07) is 16.4. The Morgan fingerprint density at radius 2 is 1.26 bits per heavy atom. The van der Waals surface area contributed by atoms with E-state index in [0.29, 0.717) is 76.0 Å². The minimum Gasteiger partial charge on any atom is -0.352 e. The second kappa shape index (κ2) is 18.8. The Balaban J connectivity index is 1.62. The fourth-order valence-corrected chi connectivity index (χ4v) is 12.1. The Kier molecular flexibility index (Phi) is 14.2. The Bertz CT molecular complexity index is 2990. The molecule has 1 amide bonds. The summed E-state index contributed by atoms with van der Waals surface area (Å²) in [5, 5.41) is 6.54. The summed E-state index contributed by atoms with van der Waals surface area (Å²) >= 11 is 0. The van der Waals surface area contributed by atoms with Gasteiger partial charge in [0.15, 0.2) is 5.78 Å². The van der Waals surface area contributed by atoms with Gasteiger partial charge in [0.05, 0.1) is 16.6 Å². The van der Waals surface area contributed by atoms with Crippen LogP contribution < -0.4 is 10.6 Å². The van der Waals surface area contributed by atoms with E-state index in [9.17, 15) is 35.5 Å². The number of Topliss-reactive ketones (excluding diaryl/α,β-unsaturated/α-hetero) is 1. The van der Waals surface area contributed by atoms with Crippen molar-refractivity contribution in [2.45, 2.75) is 131 Å². The lowest BCUT2D eigenvalue weighted by Crippen LogP contribution is -2.58. The number of ketones is 1. The quantitative estimate of drug-likeness (QED) is 0.0795. The number of nitrogens with zero attached hydrogens (tertiary/aromatic N) is 1. The van der Waals surface area contributed by atoms with Crippen LogP contribution in [0.5, 0.6) is 0 Å². The number of aryl methyl sites for hydroxylation is 5. The number of carbonyl (C=O) groups is 2. The molecule has 0 aromatic heterocycles. The average molecular weight is 934 g/mol. The number of benzene rings is 4. The van der Waals surface area contributed by atoms with Crippen LogP contribution in [0.2, 0.25) is 0 Å². The number of carbonyl (C=O) groups excluding carboxylic acids is 2. The van der Waals surface area contributed by atoms with Gasteiger partial charge >= 0.3 is 0 Å². The van der Waals surface area contributed by atoms with Crippen LogP contribution in [-0.2, 0) is 33.1 Å². The predicted octanol–water partition coefficient (Wildman–Crippen LogP) is 9.81. The van der Waals surface area contributed by atoms with Crippen LogP contribution in [0, 0.1) is 41.5 Å². The molecule has 350 valence electrons. The van der Waals surface area contributed by atoms with Crippen molar-refractivity contribution in [3.63, 3.8) is 0 Å². The average Bonchev–Trinajstić information content (AvgIpc) is 3.16. The Morgan fingerprint density at radius 3 is 1.79 bits per heavy atom. The number of aliphatic imine (C=N–C) groups is 1. The zero-order valence-corrected chi connectivity index (χ0v) is 41.8. The predicted molar refractivity (Wildman–Crippen MR) is 264 cm³/mol. The summed E-state index contributed by atoms with van der Waals surface area (Å²) in [5.41, 5.74) is 9.83. The molecule has 1 heterocycles. The largest absolute Gasteiger partial charge is 0.352 e.